The number of allylic oxidation sites excluding steroid dienone is 1. The molecule has 5 N–H and O–H groups in total. The van der Waals surface area contributed by atoms with Gasteiger partial charge in [-0.05, 0) is 44.8 Å². The van der Waals surface area contributed by atoms with Crippen molar-refractivity contribution in [3.8, 4) is 0 Å². The molecule has 2 bridgehead atoms. The molecule has 2 saturated carbocycles. The van der Waals surface area contributed by atoms with Gasteiger partial charge in [0, 0.05) is 37.0 Å². The smallest absolute Gasteiger partial charge is 0.338 e. The molecule has 43 heavy (non-hydrogen) atoms. The van der Waals surface area contributed by atoms with E-state index in [4.69, 9.17) is 14.2 Å². The highest BCUT2D eigenvalue weighted by molar-refractivity contribution is 5.93. The molecule has 12 nitrogen and oxygen atoms in total. The lowest BCUT2D eigenvalue weighted by atomic mass is 9.45. The van der Waals surface area contributed by atoms with E-state index in [0.29, 0.717) is 12.0 Å². The first-order valence-corrected chi connectivity index (χ1v) is 14.7. The van der Waals surface area contributed by atoms with Crippen molar-refractivity contribution >= 4 is 23.6 Å². The normalized spacial score (nSPS) is 39.4. The second-order valence-electron chi connectivity index (χ2n) is 13.7. The number of Topliss-reactive ketones (excluding diaryl/α,β-unsaturated/α-hetero) is 1. The van der Waals surface area contributed by atoms with Crippen LogP contribution in [0.5, 0.6) is 0 Å². The second-order valence-corrected chi connectivity index (χ2v) is 13.7. The van der Waals surface area contributed by atoms with Gasteiger partial charge in [0.25, 0.3) is 0 Å². The molecular weight excluding hydrogens is 562 g/mol. The maximum absolute atomic E-state index is 14.2. The van der Waals surface area contributed by atoms with Gasteiger partial charge in [-0.1, -0.05) is 32.4 Å². The van der Waals surface area contributed by atoms with Crippen LogP contribution in [0.3, 0.4) is 0 Å². The van der Waals surface area contributed by atoms with Gasteiger partial charge in [0.05, 0.1) is 18.8 Å². The van der Waals surface area contributed by atoms with Crippen molar-refractivity contribution in [2.24, 2.45) is 16.7 Å². The molecule has 240 valence electrons. The summed E-state index contributed by atoms with van der Waals surface area (Å²) in [6.45, 7) is 12.1. The topological polar surface area (TPSA) is 189 Å². The van der Waals surface area contributed by atoms with Gasteiger partial charge < -0.3 is 40.0 Å². The number of aliphatic hydroxyl groups is 4. The fourth-order valence-corrected chi connectivity index (χ4v) is 7.98. The van der Waals surface area contributed by atoms with E-state index < -0.39 is 88.1 Å². The molecule has 4 rings (SSSR count). The minimum atomic E-state index is -2.07. The van der Waals surface area contributed by atoms with Crippen LogP contribution >= 0.6 is 0 Å². The van der Waals surface area contributed by atoms with E-state index in [1.54, 1.807) is 41.5 Å². The predicted molar refractivity (Wildman–Crippen MR) is 151 cm³/mol. The maximum atomic E-state index is 14.2. The zero-order valence-electron chi connectivity index (χ0n) is 26.1. The minimum Gasteiger partial charge on any atom is -0.459 e. The SMILES string of the molecule is CC(=O)N[C@@H](C=C(C)C)[C@@H](O)C(=O)O[C@H]1C[C@@]2(O)C(OC(C)=O)[C@@H]3[C@]4(O)CO[C@@H]4CC[C@@]3(C)C(=O)[C@H](O)C(=C1C)C2(C)C. The fourth-order valence-electron chi connectivity index (χ4n) is 7.98. The van der Waals surface area contributed by atoms with E-state index in [2.05, 4.69) is 5.32 Å². The highest BCUT2D eigenvalue weighted by Crippen LogP contribution is 2.63. The molecular formula is C31H45NO11. The summed E-state index contributed by atoms with van der Waals surface area (Å²) in [6.07, 6.45) is -5.26. The largest absolute Gasteiger partial charge is 0.459 e. The number of carbonyl (C=O) groups is 4. The first kappa shape index (κ1) is 33.3. The molecule has 10 atom stereocenters. The molecule has 0 spiro atoms. The Morgan fingerprint density at radius 3 is 2.23 bits per heavy atom. The number of ether oxygens (including phenoxy) is 3. The zero-order chi connectivity index (χ0) is 32.4. The average molecular weight is 608 g/mol. The molecule has 3 fully saturated rings. The molecule has 1 amide bonds. The van der Waals surface area contributed by atoms with E-state index >= 15 is 0 Å². The van der Waals surface area contributed by atoms with Crippen LogP contribution in [0.25, 0.3) is 0 Å². The van der Waals surface area contributed by atoms with Crippen molar-refractivity contribution in [2.45, 2.75) is 122 Å². The Labute approximate surface area is 251 Å². The molecule has 0 radical (unpaired) electrons. The molecule has 4 aliphatic rings. The standard InChI is InChI=1S/C31H45NO11/c1-14(2)11-18(32-16(4)33)22(35)27(38)43-19-12-31(40)26(42-17(5)34)24-29(8,10-9-20-30(24,39)13-41-20)25(37)23(36)21(15(19)3)28(31,6)7/h11,18-20,22-24,26,35-36,39-40H,9-10,12-13H2,1-8H3,(H,32,33)/t18-,19-,20+,22+,23+,24-,26?,29+,30-,31+/m0/s1. The summed E-state index contributed by atoms with van der Waals surface area (Å²) < 4.78 is 17.2. The van der Waals surface area contributed by atoms with E-state index in [1.807, 2.05) is 0 Å². The van der Waals surface area contributed by atoms with Crippen LogP contribution in [0.4, 0.5) is 0 Å². The zero-order valence-corrected chi connectivity index (χ0v) is 26.1. The third kappa shape index (κ3) is 5.14. The quantitative estimate of drug-likeness (QED) is 0.210. The molecule has 12 heteroatoms. The highest BCUT2D eigenvalue weighted by Gasteiger charge is 2.74. The number of carbonyl (C=O) groups excluding carboxylic acids is 4. The van der Waals surface area contributed by atoms with Gasteiger partial charge >= 0.3 is 11.9 Å². The lowest BCUT2D eigenvalue weighted by molar-refractivity contribution is -0.331. The van der Waals surface area contributed by atoms with Crippen LogP contribution in [0, 0.1) is 16.7 Å². The molecule has 0 aromatic heterocycles. The maximum Gasteiger partial charge on any atom is 0.338 e. The molecule has 1 unspecified atom stereocenters. The van der Waals surface area contributed by atoms with Crippen molar-refractivity contribution in [1.29, 1.82) is 0 Å². The van der Waals surface area contributed by atoms with Crippen LogP contribution in [0.1, 0.15) is 74.7 Å². The Hall–Kier alpha value is -2.64. The first-order valence-electron chi connectivity index (χ1n) is 14.7. The lowest BCUT2D eigenvalue weighted by Gasteiger charge is -2.66. The van der Waals surface area contributed by atoms with Crippen LogP contribution in [0.15, 0.2) is 22.8 Å². The van der Waals surface area contributed by atoms with Crippen molar-refractivity contribution in [3.63, 3.8) is 0 Å². The minimum absolute atomic E-state index is 0.108. The molecule has 1 saturated heterocycles. The van der Waals surface area contributed by atoms with E-state index in [1.165, 1.54) is 13.0 Å². The second kappa shape index (κ2) is 11.1. The van der Waals surface area contributed by atoms with Crippen LogP contribution in [0.2, 0.25) is 0 Å². The summed E-state index contributed by atoms with van der Waals surface area (Å²) in [5, 5.41) is 49.7. The molecule has 3 aliphatic carbocycles. The van der Waals surface area contributed by atoms with Crippen LogP contribution in [-0.4, -0.2) is 98.4 Å². The van der Waals surface area contributed by atoms with Gasteiger partial charge in [-0.2, -0.15) is 0 Å². The first-order chi connectivity index (χ1) is 19.7. The average Bonchev–Trinajstić information content (AvgIpc) is 2.87. The number of hydrogen-bond donors (Lipinski definition) is 5. The number of fused-ring (bicyclic) bond motifs is 5. The van der Waals surface area contributed by atoms with Crippen molar-refractivity contribution in [1.82, 2.24) is 5.32 Å². The van der Waals surface area contributed by atoms with E-state index in [9.17, 15) is 39.6 Å². The number of aliphatic hydroxyl groups excluding tert-OH is 2. The Balaban J connectivity index is 1.86. The van der Waals surface area contributed by atoms with Gasteiger partial charge in [0.2, 0.25) is 5.91 Å². The molecule has 1 heterocycles. The van der Waals surface area contributed by atoms with Crippen molar-refractivity contribution in [2.75, 3.05) is 6.61 Å². The number of ketones is 1. The molecule has 1 aliphatic heterocycles. The highest BCUT2D eigenvalue weighted by atomic mass is 16.6. The summed E-state index contributed by atoms with van der Waals surface area (Å²) >= 11 is 0. The van der Waals surface area contributed by atoms with Gasteiger partial charge in [-0.25, -0.2) is 4.79 Å². The summed E-state index contributed by atoms with van der Waals surface area (Å²) in [7, 11) is 0. The number of esters is 2. The third-order valence-corrected chi connectivity index (χ3v) is 10.3. The Kier molecular flexibility index (Phi) is 8.56. The number of amides is 1. The third-order valence-electron chi connectivity index (χ3n) is 10.3. The molecule has 0 aromatic rings. The van der Waals surface area contributed by atoms with E-state index in [0.717, 1.165) is 12.5 Å². The summed E-state index contributed by atoms with van der Waals surface area (Å²) in [5.74, 6) is -4.13. The predicted octanol–water partition coefficient (Wildman–Crippen LogP) is 0.629. The Morgan fingerprint density at radius 1 is 1.09 bits per heavy atom. The van der Waals surface area contributed by atoms with Gasteiger partial charge in [0.1, 0.15) is 29.5 Å². The van der Waals surface area contributed by atoms with Crippen LogP contribution in [-0.2, 0) is 33.4 Å². The number of rotatable bonds is 6. The number of hydrogen-bond acceptors (Lipinski definition) is 11. The van der Waals surface area contributed by atoms with Gasteiger partial charge in [-0.3, -0.25) is 14.4 Å². The summed E-state index contributed by atoms with van der Waals surface area (Å²) in [5.41, 5.74) is -5.39. The number of nitrogens with one attached hydrogen (secondary N) is 1. The van der Waals surface area contributed by atoms with Gasteiger partial charge in [-0.15, -0.1) is 0 Å². The van der Waals surface area contributed by atoms with E-state index in [-0.39, 0.29) is 25.0 Å². The van der Waals surface area contributed by atoms with Crippen molar-refractivity contribution in [3.05, 3.63) is 22.8 Å². The molecule has 0 aromatic carbocycles. The van der Waals surface area contributed by atoms with Crippen molar-refractivity contribution < 1.29 is 53.8 Å². The summed E-state index contributed by atoms with van der Waals surface area (Å²) in [6, 6.07) is -1.11. The fraction of sp³-hybridized carbons (Fsp3) is 0.742. The monoisotopic (exact) mass is 607 g/mol. The Morgan fingerprint density at radius 2 is 1.72 bits per heavy atom. The summed E-state index contributed by atoms with van der Waals surface area (Å²) in [4.78, 5) is 51.9. The van der Waals surface area contributed by atoms with Crippen LogP contribution < -0.4 is 5.32 Å². The lowest BCUT2D eigenvalue weighted by Crippen LogP contribution is -2.78. The van der Waals surface area contributed by atoms with Gasteiger partial charge in [0.15, 0.2) is 11.9 Å². The Bertz CT molecular complexity index is 1270.